The Morgan fingerprint density at radius 1 is 1.03 bits per heavy atom. The fraction of sp³-hybridized carbons (Fsp3) is 0.391. The Bertz CT molecular complexity index is 816. The van der Waals surface area contributed by atoms with Crippen molar-refractivity contribution in [3.63, 3.8) is 0 Å². The molecule has 2 amide bonds. The number of ether oxygens (including phenoxy) is 2. The second-order valence-corrected chi connectivity index (χ2v) is 7.21. The molecule has 1 N–H and O–H groups in total. The predicted molar refractivity (Wildman–Crippen MR) is 111 cm³/mol. The summed E-state index contributed by atoms with van der Waals surface area (Å²) in [6, 6.07) is 14.9. The molecule has 1 aliphatic rings. The SMILES string of the molecule is COc1cc(CNC(=O)C2CCCCC(=O)N2Cc2ccccc2)cc(OC)c1. The fourth-order valence-electron chi connectivity index (χ4n) is 3.61. The molecule has 0 spiro atoms. The molecule has 0 aliphatic carbocycles. The van der Waals surface area contributed by atoms with Crippen molar-refractivity contribution in [1.82, 2.24) is 10.2 Å². The summed E-state index contributed by atoms with van der Waals surface area (Å²) >= 11 is 0. The van der Waals surface area contributed by atoms with Crippen LogP contribution in [0.15, 0.2) is 48.5 Å². The van der Waals surface area contributed by atoms with E-state index in [1.807, 2.05) is 42.5 Å². The first kappa shape index (κ1) is 20.7. The van der Waals surface area contributed by atoms with Crippen LogP contribution in [0.2, 0.25) is 0 Å². The van der Waals surface area contributed by atoms with E-state index in [-0.39, 0.29) is 11.8 Å². The molecule has 3 rings (SSSR count). The van der Waals surface area contributed by atoms with Crippen LogP contribution in [0.4, 0.5) is 0 Å². The lowest BCUT2D eigenvalue weighted by atomic mass is 10.1. The first-order valence-corrected chi connectivity index (χ1v) is 9.93. The van der Waals surface area contributed by atoms with E-state index in [1.165, 1.54) is 0 Å². The maximum atomic E-state index is 13.0. The van der Waals surface area contributed by atoms with Crippen molar-refractivity contribution in [2.24, 2.45) is 0 Å². The average molecular weight is 396 g/mol. The number of hydrogen-bond acceptors (Lipinski definition) is 4. The Labute approximate surface area is 171 Å². The van der Waals surface area contributed by atoms with Gasteiger partial charge in [0, 0.05) is 25.6 Å². The summed E-state index contributed by atoms with van der Waals surface area (Å²) in [5.41, 5.74) is 1.90. The van der Waals surface area contributed by atoms with Crippen LogP contribution in [0.5, 0.6) is 11.5 Å². The zero-order valence-electron chi connectivity index (χ0n) is 17.0. The summed E-state index contributed by atoms with van der Waals surface area (Å²) in [5.74, 6) is 1.25. The van der Waals surface area contributed by atoms with Crippen LogP contribution in [-0.4, -0.2) is 37.0 Å². The monoisotopic (exact) mass is 396 g/mol. The molecule has 6 nitrogen and oxygen atoms in total. The van der Waals surface area contributed by atoms with Crippen molar-refractivity contribution in [1.29, 1.82) is 0 Å². The first-order chi connectivity index (χ1) is 14.1. The van der Waals surface area contributed by atoms with E-state index in [2.05, 4.69) is 5.32 Å². The fourth-order valence-corrected chi connectivity index (χ4v) is 3.61. The molecule has 154 valence electrons. The third kappa shape index (κ3) is 5.50. The number of rotatable bonds is 7. The summed E-state index contributed by atoms with van der Waals surface area (Å²) in [6.45, 7) is 0.793. The highest BCUT2D eigenvalue weighted by molar-refractivity contribution is 5.88. The highest BCUT2D eigenvalue weighted by atomic mass is 16.5. The van der Waals surface area contributed by atoms with Crippen LogP contribution < -0.4 is 14.8 Å². The molecule has 1 aliphatic heterocycles. The summed E-state index contributed by atoms with van der Waals surface area (Å²) in [7, 11) is 3.19. The van der Waals surface area contributed by atoms with E-state index in [1.54, 1.807) is 25.2 Å². The van der Waals surface area contributed by atoms with Crippen molar-refractivity contribution in [3.05, 3.63) is 59.7 Å². The molecule has 1 saturated heterocycles. The van der Waals surface area contributed by atoms with Crippen molar-refractivity contribution >= 4 is 11.8 Å². The van der Waals surface area contributed by atoms with Gasteiger partial charge in [0.2, 0.25) is 11.8 Å². The Hall–Kier alpha value is -3.02. The molecule has 0 saturated carbocycles. The number of methoxy groups -OCH3 is 2. The molecule has 29 heavy (non-hydrogen) atoms. The number of amides is 2. The number of benzene rings is 2. The van der Waals surface area contributed by atoms with E-state index >= 15 is 0 Å². The quantitative estimate of drug-likeness (QED) is 0.780. The summed E-state index contributed by atoms with van der Waals surface area (Å²) in [4.78, 5) is 27.4. The maximum Gasteiger partial charge on any atom is 0.243 e. The highest BCUT2D eigenvalue weighted by Gasteiger charge is 2.31. The minimum absolute atomic E-state index is 0.0366. The Morgan fingerprint density at radius 3 is 2.38 bits per heavy atom. The van der Waals surface area contributed by atoms with Crippen molar-refractivity contribution in [3.8, 4) is 11.5 Å². The van der Waals surface area contributed by atoms with Crippen LogP contribution >= 0.6 is 0 Å². The lowest BCUT2D eigenvalue weighted by Gasteiger charge is -2.29. The molecule has 1 heterocycles. The van der Waals surface area contributed by atoms with Gasteiger partial charge in [-0.25, -0.2) is 0 Å². The molecule has 1 fully saturated rings. The normalized spacial score (nSPS) is 16.8. The molecule has 0 radical (unpaired) electrons. The zero-order chi connectivity index (χ0) is 20.6. The Balaban J connectivity index is 1.72. The van der Waals surface area contributed by atoms with E-state index in [0.29, 0.717) is 37.4 Å². The number of carbonyl (C=O) groups excluding carboxylic acids is 2. The molecule has 2 aromatic carbocycles. The third-order valence-electron chi connectivity index (χ3n) is 5.19. The van der Waals surface area contributed by atoms with Gasteiger partial charge in [-0.2, -0.15) is 0 Å². The standard InChI is InChI=1S/C23H28N2O4/c1-28-19-12-18(13-20(14-19)29-2)15-24-23(27)21-10-6-7-11-22(26)25(21)16-17-8-4-3-5-9-17/h3-5,8-9,12-14,21H,6-7,10-11,15-16H2,1-2H3,(H,24,27). The van der Waals surface area contributed by atoms with E-state index in [4.69, 9.17) is 9.47 Å². The first-order valence-electron chi connectivity index (χ1n) is 9.93. The predicted octanol–water partition coefficient (Wildman–Crippen LogP) is 3.29. The van der Waals surface area contributed by atoms with Crippen LogP contribution in [0, 0.1) is 0 Å². The Kier molecular flexibility index (Phi) is 7.11. The molecule has 1 atom stereocenters. The summed E-state index contributed by atoms with van der Waals surface area (Å²) in [5, 5.41) is 2.99. The topological polar surface area (TPSA) is 67.9 Å². The van der Waals surface area contributed by atoms with Gasteiger partial charge in [-0.05, 0) is 36.1 Å². The van der Waals surface area contributed by atoms with Gasteiger partial charge in [-0.15, -0.1) is 0 Å². The zero-order valence-corrected chi connectivity index (χ0v) is 17.0. The second kappa shape index (κ2) is 9.96. The van der Waals surface area contributed by atoms with Gasteiger partial charge in [0.15, 0.2) is 0 Å². The van der Waals surface area contributed by atoms with Crippen LogP contribution in [0.1, 0.15) is 36.8 Å². The largest absolute Gasteiger partial charge is 0.497 e. The average Bonchev–Trinajstić information content (AvgIpc) is 2.94. The second-order valence-electron chi connectivity index (χ2n) is 7.21. The van der Waals surface area contributed by atoms with Crippen molar-refractivity contribution in [2.75, 3.05) is 14.2 Å². The summed E-state index contributed by atoms with van der Waals surface area (Å²) < 4.78 is 10.6. The number of nitrogens with one attached hydrogen (secondary N) is 1. The van der Waals surface area contributed by atoms with Gasteiger partial charge in [-0.1, -0.05) is 36.8 Å². The van der Waals surface area contributed by atoms with Gasteiger partial charge in [0.25, 0.3) is 0 Å². The van der Waals surface area contributed by atoms with E-state index < -0.39 is 6.04 Å². The molecule has 0 aromatic heterocycles. The number of nitrogens with zero attached hydrogens (tertiary/aromatic N) is 1. The Morgan fingerprint density at radius 2 is 1.72 bits per heavy atom. The molecular weight excluding hydrogens is 368 g/mol. The molecular formula is C23H28N2O4. The minimum Gasteiger partial charge on any atom is -0.497 e. The van der Waals surface area contributed by atoms with Crippen molar-refractivity contribution < 1.29 is 19.1 Å². The van der Waals surface area contributed by atoms with E-state index in [9.17, 15) is 9.59 Å². The van der Waals surface area contributed by atoms with Crippen molar-refractivity contribution in [2.45, 2.75) is 44.8 Å². The minimum atomic E-state index is -0.460. The number of likely N-dealkylation sites (tertiary alicyclic amines) is 1. The third-order valence-corrected chi connectivity index (χ3v) is 5.19. The lowest BCUT2D eigenvalue weighted by molar-refractivity contribution is -0.140. The molecule has 6 heteroatoms. The number of hydrogen-bond donors (Lipinski definition) is 1. The van der Waals surface area contributed by atoms with Crippen LogP contribution in [0.3, 0.4) is 0 Å². The van der Waals surface area contributed by atoms with Gasteiger partial charge >= 0.3 is 0 Å². The van der Waals surface area contributed by atoms with Gasteiger partial charge < -0.3 is 19.7 Å². The summed E-state index contributed by atoms with van der Waals surface area (Å²) in [6.07, 6.45) is 2.85. The van der Waals surface area contributed by atoms with Gasteiger partial charge in [0.1, 0.15) is 17.5 Å². The smallest absolute Gasteiger partial charge is 0.243 e. The van der Waals surface area contributed by atoms with Gasteiger partial charge in [0.05, 0.1) is 14.2 Å². The molecule has 1 unspecified atom stereocenters. The molecule has 2 aromatic rings. The van der Waals surface area contributed by atoms with E-state index in [0.717, 1.165) is 24.0 Å². The number of carbonyl (C=O) groups is 2. The van der Waals surface area contributed by atoms with Crippen LogP contribution in [-0.2, 0) is 22.7 Å². The molecule has 0 bridgehead atoms. The van der Waals surface area contributed by atoms with Crippen LogP contribution in [0.25, 0.3) is 0 Å². The van der Waals surface area contributed by atoms with Gasteiger partial charge in [-0.3, -0.25) is 9.59 Å². The maximum absolute atomic E-state index is 13.0. The highest BCUT2D eigenvalue weighted by Crippen LogP contribution is 2.23. The lowest BCUT2D eigenvalue weighted by Crippen LogP contribution is -2.48.